The van der Waals surface area contributed by atoms with Crippen molar-refractivity contribution in [2.45, 2.75) is 38.3 Å². The summed E-state index contributed by atoms with van der Waals surface area (Å²) in [5.74, 6) is -0.798. The first kappa shape index (κ1) is 20.6. The van der Waals surface area contributed by atoms with Crippen LogP contribution in [0.3, 0.4) is 0 Å². The number of hydrogen-bond donors (Lipinski definition) is 2. The smallest absolute Gasteiger partial charge is 0.337 e. The van der Waals surface area contributed by atoms with Crippen LogP contribution in [0.2, 0.25) is 0 Å². The van der Waals surface area contributed by atoms with E-state index in [0.29, 0.717) is 5.56 Å². The number of ether oxygens (including phenoxy) is 1. The molecule has 1 amide bonds. The van der Waals surface area contributed by atoms with E-state index in [2.05, 4.69) is 19.9 Å². The molecule has 0 fully saturated rings. The molecule has 0 radical (unpaired) electrons. The lowest BCUT2D eigenvalue weighted by molar-refractivity contribution is -0.122. The standard InChI is InChI=1S/C17H21N3O6S/c1-10-15(12(3)26-19-10)27(23,24)20-11(2)16(21)18-9-13-5-7-14(8-6-13)17(22)25-4/h5-8,11,20H,9H2,1-4H3,(H,18,21)/t11-/m0/s1. The molecule has 1 aromatic carbocycles. The lowest BCUT2D eigenvalue weighted by atomic mass is 10.1. The minimum absolute atomic E-state index is 0.0689. The second kappa shape index (κ2) is 8.31. The molecular formula is C17H21N3O6S. The normalized spacial score (nSPS) is 12.4. The van der Waals surface area contributed by atoms with Crippen molar-refractivity contribution >= 4 is 21.9 Å². The van der Waals surface area contributed by atoms with E-state index in [-0.39, 0.29) is 22.9 Å². The van der Waals surface area contributed by atoms with Crippen LogP contribution in [0, 0.1) is 13.8 Å². The van der Waals surface area contributed by atoms with Gasteiger partial charge in [0.15, 0.2) is 5.76 Å². The zero-order valence-electron chi connectivity index (χ0n) is 15.4. The molecule has 9 nitrogen and oxygen atoms in total. The predicted octanol–water partition coefficient (Wildman–Crippen LogP) is 1.06. The first-order valence-corrected chi connectivity index (χ1v) is 9.54. The molecule has 27 heavy (non-hydrogen) atoms. The van der Waals surface area contributed by atoms with Gasteiger partial charge >= 0.3 is 5.97 Å². The minimum atomic E-state index is -3.94. The van der Waals surface area contributed by atoms with Crippen LogP contribution in [0.15, 0.2) is 33.7 Å². The molecule has 10 heteroatoms. The third-order valence-corrected chi connectivity index (χ3v) is 5.59. The Bertz CT molecular complexity index is 915. The second-order valence-corrected chi connectivity index (χ2v) is 7.55. The molecule has 2 N–H and O–H groups in total. The maximum absolute atomic E-state index is 12.4. The predicted molar refractivity (Wildman–Crippen MR) is 95.4 cm³/mol. The number of hydrogen-bond acceptors (Lipinski definition) is 7. The van der Waals surface area contributed by atoms with Crippen molar-refractivity contribution in [2.24, 2.45) is 0 Å². The van der Waals surface area contributed by atoms with Gasteiger partial charge in [-0.05, 0) is 38.5 Å². The van der Waals surface area contributed by atoms with Crippen molar-refractivity contribution in [1.82, 2.24) is 15.2 Å². The third kappa shape index (κ3) is 4.92. The molecule has 2 rings (SSSR count). The van der Waals surface area contributed by atoms with Gasteiger partial charge in [-0.1, -0.05) is 17.3 Å². The lowest BCUT2D eigenvalue weighted by Crippen LogP contribution is -2.44. The first-order valence-electron chi connectivity index (χ1n) is 8.06. The summed E-state index contributed by atoms with van der Waals surface area (Å²) < 4.78 is 36.6. The maximum atomic E-state index is 12.4. The highest BCUT2D eigenvalue weighted by molar-refractivity contribution is 7.89. The van der Waals surface area contributed by atoms with Crippen LogP contribution in [0.25, 0.3) is 0 Å². The molecule has 1 heterocycles. The number of carbonyl (C=O) groups is 2. The van der Waals surface area contributed by atoms with Gasteiger partial charge in [0.2, 0.25) is 15.9 Å². The average Bonchev–Trinajstić information content (AvgIpc) is 2.98. The van der Waals surface area contributed by atoms with E-state index in [1.165, 1.54) is 27.9 Å². The summed E-state index contributed by atoms with van der Waals surface area (Å²) in [7, 11) is -2.65. The summed E-state index contributed by atoms with van der Waals surface area (Å²) >= 11 is 0. The Balaban J connectivity index is 1.97. The van der Waals surface area contributed by atoms with Gasteiger partial charge in [-0.25, -0.2) is 13.2 Å². The Hall–Kier alpha value is -2.72. The number of nitrogens with zero attached hydrogens (tertiary/aromatic N) is 1. The van der Waals surface area contributed by atoms with Crippen molar-refractivity contribution in [3.8, 4) is 0 Å². The topological polar surface area (TPSA) is 128 Å². The molecule has 0 saturated heterocycles. The SMILES string of the molecule is COC(=O)c1ccc(CNC(=O)[C@H](C)NS(=O)(=O)c2c(C)noc2C)cc1. The van der Waals surface area contributed by atoms with Gasteiger partial charge < -0.3 is 14.6 Å². The van der Waals surface area contributed by atoms with Crippen LogP contribution in [0.4, 0.5) is 0 Å². The molecule has 0 spiro atoms. The number of aryl methyl sites for hydroxylation is 2. The molecule has 146 valence electrons. The highest BCUT2D eigenvalue weighted by atomic mass is 32.2. The number of nitrogens with one attached hydrogen (secondary N) is 2. The molecule has 0 unspecified atom stereocenters. The fraction of sp³-hybridized carbons (Fsp3) is 0.353. The Morgan fingerprint density at radius 2 is 1.85 bits per heavy atom. The van der Waals surface area contributed by atoms with Crippen LogP contribution in [-0.4, -0.2) is 38.6 Å². The molecule has 0 bridgehead atoms. The van der Waals surface area contributed by atoms with Crippen LogP contribution < -0.4 is 10.0 Å². The summed E-state index contributed by atoms with van der Waals surface area (Å²) in [5, 5.41) is 6.25. The largest absolute Gasteiger partial charge is 0.465 e. The Morgan fingerprint density at radius 1 is 1.22 bits per heavy atom. The van der Waals surface area contributed by atoms with E-state index >= 15 is 0 Å². The van der Waals surface area contributed by atoms with Gasteiger partial charge in [0, 0.05) is 6.54 Å². The molecule has 0 aliphatic heterocycles. The van der Waals surface area contributed by atoms with E-state index in [0.717, 1.165) is 5.56 Å². The van der Waals surface area contributed by atoms with Crippen LogP contribution in [0.5, 0.6) is 0 Å². The average molecular weight is 395 g/mol. The fourth-order valence-electron chi connectivity index (χ4n) is 2.42. The van der Waals surface area contributed by atoms with E-state index in [1.807, 2.05) is 0 Å². The monoisotopic (exact) mass is 395 g/mol. The number of benzene rings is 1. The van der Waals surface area contributed by atoms with Gasteiger partial charge in [0.05, 0.1) is 18.7 Å². The number of amides is 1. The van der Waals surface area contributed by atoms with E-state index in [4.69, 9.17) is 4.52 Å². The summed E-state index contributed by atoms with van der Waals surface area (Å²) in [6, 6.07) is 5.50. The molecule has 0 saturated carbocycles. The van der Waals surface area contributed by atoms with E-state index in [1.54, 1.807) is 24.3 Å². The highest BCUT2D eigenvalue weighted by Crippen LogP contribution is 2.18. The molecule has 2 aromatic rings. The van der Waals surface area contributed by atoms with Gasteiger partial charge in [-0.15, -0.1) is 0 Å². The molecule has 1 atom stereocenters. The molecule has 0 aliphatic carbocycles. The quantitative estimate of drug-likeness (QED) is 0.671. The van der Waals surface area contributed by atoms with Crippen LogP contribution in [-0.2, 0) is 26.1 Å². The number of rotatable bonds is 7. The van der Waals surface area contributed by atoms with Gasteiger partial charge in [-0.3, -0.25) is 4.79 Å². The number of sulfonamides is 1. The van der Waals surface area contributed by atoms with Gasteiger partial charge in [-0.2, -0.15) is 4.72 Å². The summed E-state index contributed by atoms with van der Waals surface area (Å²) in [6.07, 6.45) is 0. The Labute approximate surface area is 157 Å². The minimum Gasteiger partial charge on any atom is -0.465 e. The van der Waals surface area contributed by atoms with Crippen molar-refractivity contribution in [3.05, 3.63) is 46.8 Å². The Morgan fingerprint density at radius 3 is 2.37 bits per heavy atom. The van der Waals surface area contributed by atoms with Crippen molar-refractivity contribution < 1.29 is 27.3 Å². The van der Waals surface area contributed by atoms with Crippen LogP contribution in [0.1, 0.15) is 34.3 Å². The molecule has 0 aliphatic rings. The number of esters is 1. The summed E-state index contributed by atoms with van der Waals surface area (Å²) in [5.41, 5.74) is 1.36. The van der Waals surface area contributed by atoms with Crippen molar-refractivity contribution in [3.63, 3.8) is 0 Å². The third-order valence-electron chi connectivity index (χ3n) is 3.80. The lowest BCUT2D eigenvalue weighted by Gasteiger charge is -2.14. The number of aromatic nitrogens is 1. The van der Waals surface area contributed by atoms with Gasteiger partial charge in [0.25, 0.3) is 0 Å². The summed E-state index contributed by atoms with van der Waals surface area (Å²) in [4.78, 5) is 23.5. The number of carbonyl (C=O) groups excluding carboxylic acids is 2. The maximum Gasteiger partial charge on any atom is 0.337 e. The molecular weight excluding hydrogens is 374 g/mol. The number of methoxy groups -OCH3 is 1. The zero-order valence-corrected chi connectivity index (χ0v) is 16.2. The van der Waals surface area contributed by atoms with E-state index < -0.39 is 27.9 Å². The molecule has 1 aromatic heterocycles. The fourth-order valence-corrected chi connectivity index (χ4v) is 3.95. The van der Waals surface area contributed by atoms with Crippen LogP contribution >= 0.6 is 0 Å². The van der Waals surface area contributed by atoms with Gasteiger partial charge in [0.1, 0.15) is 10.6 Å². The van der Waals surface area contributed by atoms with Crippen molar-refractivity contribution in [1.29, 1.82) is 0 Å². The van der Waals surface area contributed by atoms with E-state index in [9.17, 15) is 18.0 Å². The first-order chi connectivity index (χ1) is 12.7. The second-order valence-electron chi connectivity index (χ2n) is 5.90. The van der Waals surface area contributed by atoms with Crippen molar-refractivity contribution in [2.75, 3.05) is 7.11 Å². The summed E-state index contributed by atoms with van der Waals surface area (Å²) in [6.45, 7) is 4.61. The zero-order chi connectivity index (χ0) is 20.2. The highest BCUT2D eigenvalue weighted by Gasteiger charge is 2.28. The Kier molecular flexibility index (Phi) is 6.34.